The molecule has 0 unspecified atom stereocenters. The number of esters is 2. The van der Waals surface area contributed by atoms with Gasteiger partial charge in [0, 0.05) is 0 Å². The van der Waals surface area contributed by atoms with Crippen molar-refractivity contribution in [3.63, 3.8) is 0 Å². The maximum Gasteiger partial charge on any atom is 0.339 e. The van der Waals surface area contributed by atoms with Gasteiger partial charge in [-0.2, -0.15) is 0 Å². The highest BCUT2D eigenvalue weighted by Gasteiger charge is 2.18. The molecule has 0 aliphatic rings. The second-order valence-electron chi connectivity index (χ2n) is 12.7. The Morgan fingerprint density at radius 1 is 0.395 bits per heavy atom. The van der Waals surface area contributed by atoms with Crippen LogP contribution in [0.4, 0.5) is 0 Å². The zero-order valence-electron chi connectivity index (χ0n) is 28.4. The van der Waals surface area contributed by atoms with E-state index in [4.69, 9.17) is 9.47 Å². The summed E-state index contributed by atoms with van der Waals surface area (Å²) < 4.78 is 11.0. The highest BCUT2D eigenvalue weighted by Crippen LogP contribution is 2.16. The van der Waals surface area contributed by atoms with E-state index in [0.29, 0.717) is 24.3 Å². The Morgan fingerprint density at radius 2 is 0.628 bits per heavy atom. The van der Waals surface area contributed by atoms with Gasteiger partial charge in [0.1, 0.15) is 0 Å². The van der Waals surface area contributed by atoms with Gasteiger partial charge in [-0.15, -0.1) is 0 Å². The van der Waals surface area contributed by atoms with Crippen LogP contribution in [-0.4, -0.2) is 25.2 Å². The molecule has 0 fully saturated rings. The molecule has 4 heteroatoms. The smallest absolute Gasteiger partial charge is 0.339 e. The predicted octanol–water partition coefficient (Wildman–Crippen LogP) is 12.6. The van der Waals surface area contributed by atoms with Gasteiger partial charge in [-0.1, -0.05) is 187 Å². The molecule has 4 nitrogen and oxygen atoms in total. The number of carbonyl (C=O) groups is 2. The van der Waals surface area contributed by atoms with Crippen LogP contribution in [0.15, 0.2) is 24.3 Å². The van der Waals surface area contributed by atoms with Crippen molar-refractivity contribution in [1.82, 2.24) is 0 Å². The summed E-state index contributed by atoms with van der Waals surface area (Å²) in [7, 11) is 0. The first-order chi connectivity index (χ1) is 21.2. The van der Waals surface area contributed by atoms with Gasteiger partial charge in [-0.05, 0) is 25.0 Å². The van der Waals surface area contributed by atoms with Crippen molar-refractivity contribution in [1.29, 1.82) is 0 Å². The topological polar surface area (TPSA) is 52.6 Å². The fourth-order valence-electron chi connectivity index (χ4n) is 5.74. The van der Waals surface area contributed by atoms with Crippen LogP contribution >= 0.6 is 0 Å². The molecule has 0 radical (unpaired) electrons. The van der Waals surface area contributed by atoms with E-state index >= 15 is 0 Å². The lowest BCUT2D eigenvalue weighted by atomic mass is 10.0. The minimum Gasteiger partial charge on any atom is -0.462 e. The summed E-state index contributed by atoms with van der Waals surface area (Å²) in [4.78, 5) is 25.3. The van der Waals surface area contributed by atoms with E-state index < -0.39 is 11.9 Å². The quantitative estimate of drug-likeness (QED) is 0.0628. The average molecular weight is 601 g/mol. The molecule has 43 heavy (non-hydrogen) atoms. The molecule has 0 bridgehead atoms. The van der Waals surface area contributed by atoms with E-state index in [0.717, 1.165) is 25.7 Å². The van der Waals surface area contributed by atoms with Crippen LogP contribution < -0.4 is 0 Å². The molecule has 0 amide bonds. The van der Waals surface area contributed by atoms with Crippen molar-refractivity contribution < 1.29 is 19.1 Å². The summed E-state index contributed by atoms with van der Waals surface area (Å²) >= 11 is 0. The van der Waals surface area contributed by atoms with Crippen LogP contribution in [0.25, 0.3) is 0 Å². The predicted molar refractivity (Wildman–Crippen MR) is 183 cm³/mol. The molecule has 0 aliphatic carbocycles. The number of ether oxygens (including phenoxy) is 2. The number of rotatable bonds is 31. The first kappa shape index (κ1) is 39.2. The molecule has 248 valence electrons. The lowest BCUT2D eigenvalue weighted by molar-refractivity contribution is 0.0450. The molecular weight excluding hydrogens is 532 g/mol. The fourth-order valence-corrected chi connectivity index (χ4v) is 5.74. The Balaban J connectivity index is 2.03. The van der Waals surface area contributed by atoms with E-state index in [1.807, 2.05) is 0 Å². The van der Waals surface area contributed by atoms with Gasteiger partial charge in [-0.25, -0.2) is 9.59 Å². The number of benzene rings is 1. The molecule has 0 N–H and O–H groups in total. The summed E-state index contributed by atoms with van der Waals surface area (Å²) in [6.07, 6.45) is 34.9. The molecule has 1 rings (SSSR count). The minimum atomic E-state index is -0.429. The van der Waals surface area contributed by atoms with Gasteiger partial charge < -0.3 is 9.47 Å². The van der Waals surface area contributed by atoms with Crippen LogP contribution in [-0.2, 0) is 9.47 Å². The third-order valence-corrected chi connectivity index (χ3v) is 8.58. The van der Waals surface area contributed by atoms with E-state index in [-0.39, 0.29) is 0 Å². The fraction of sp³-hybridized carbons (Fsp3) is 0.795. The van der Waals surface area contributed by atoms with Crippen LogP contribution in [0.2, 0.25) is 0 Å². The molecule has 0 aliphatic heterocycles. The van der Waals surface area contributed by atoms with Gasteiger partial charge in [0.15, 0.2) is 0 Å². The normalized spacial score (nSPS) is 11.1. The maximum absolute atomic E-state index is 12.7. The second kappa shape index (κ2) is 30.2. The number of carbonyl (C=O) groups excluding carboxylic acids is 2. The summed E-state index contributed by atoms with van der Waals surface area (Å²) in [5, 5.41) is 0. The Labute approximate surface area is 266 Å². The summed E-state index contributed by atoms with van der Waals surface area (Å²) in [5.41, 5.74) is 0.616. The lowest BCUT2D eigenvalue weighted by Gasteiger charge is -2.10. The summed E-state index contributed by atoms with van der Waals surface area (Å²) in [6.45, 7) is 5.34. The van der Waals surface area contributed by atoms with Gasteiger partial charge in [0.25, 0.3) is 0 Å². The SMILES string of the molecule is CCCCCCCCCCCCCCCCCCOC(=O)c1ccccc1C(=O)OCCCCCCCCCCCCC. The van der Waals surface area contributed by atoms with Crippen LogP contribution in [0.1, 0.15) is 208 Å². The zero-order chi connectivity index (χ0) is 31.1. The Hall–Kier alpha value is -1.84. The van der Waals surface area contributed by atoms with Crippen LogP contribution in [0.5, 0.6) is 0 Å². The largest absolute Gasteiger partial charge is 0.462 e. The molecule has 1 aromatic rings. The Morgan fingerprint density at radius 3 is 0.884 bits per heavy atom. The monoisotopic (exact) mass is 601 g/mol. The van der Waals surface area contributed by atoms with Crippen molar-refractivity contribution in [3.8, 4) is 0 Å². The Kier molecular flexibility index (Phi) is 27.5. The third-order valence-electron chi connectivity index (χ3n) is 8.58. The van der Waals surface area contributed by atoms with Crippen molar-refractivity contribution in [3.05, 3.63) is 35.4 Å². The van der Waals surface area contributed by atoms with Crippen molar-refractivity contribution in [2.45, 2.75) is 187 Å². The molecule has 1 aromatic carbocycles. The Bertz CT molecular complexity index is 774. The van der Waals surface area contributed by atoms with E-state index in [1.54, 1.807) is 24.3 Å². The maximum atomic E-state index is 12.7. The lowest BCUT2D eigenvalue weighted by Crippen LogP contribution is -2.15. The van der Waals surface area contributed by atoms with Crippen molar-refractivity contribution >= 4 is 11.9 Å². The van der Waals surface area contributed by atoms with Gasteiger partial charge in [0.2, 0.25) is 0 Å². The molecule has 0 saturated carbocycles. The first-order valence-corrected chi connectivity index (χ1v) is 18.6. The number of hydrogen-bond acceptors (Lipinski definition) is 4. The highest BCUT2D eigenvalue weighted by molar-refractivity contribution is 6.03. The van der Waals surface area contributed by atoms with Gasteiger partial charge >= 0.3 is 11.9 Å². The molecule has 0 atom stereocenters. The molecule has 0 saturated heterocycles. The van der Waals surface area contributed by atoms with E-state index in [1.165, 1.54) is 148 Å². The highest BCUT2D eigenvalue weighted by atomic mass is 16.5. The summed E-state index contributed by atoms with van der Waals surface area (Å²) in [6, 6.07) is 6.86. The van der Waals surface area contributed by atoms with Crippen LogP contribution in [0.3, 0.4) is 0 Å². The number of hydrogen-bond donors (Lipinski definition) is 0. The second-order valence-corrected chi connectivity index (χ2v) is 12.7. The third kappa shape index (κ3) is 23.2. The molecule has 0 spiro atoms. The van der Waals surface area contributed by atoms with Crippen molar-refractivity contribution in [2.75, 3.05) is 13.2 Å². The van der Waals surface area contributed by atoms with Crippen molar-refractivity contribution in [2.24, 2.45) is 0 Å². The first-order valence-electron chi connectivity index (χ1n) is 18.6. The standard InChI is InChI=1S/C39H68O4/c1-3-5-7-9-11-13-15-16-17-18-19-21-23-25-27-31-35-43-39(41)37-33-29-28-32-36(37)38(40)42-34-30-26-24-22-20-14-12-10-8-6-4-2/h28-29,32-33H,3-27,30-31,34-35H2,1-2H3. The summed E-state index contributed by atoms with van der Waals surface area (Å²) in [5.74, 6) is -0.856. The average Bonchev–Trinajstić information content (AvgIpc) is 3.02. The molecule has 0 heterocycles. The van der Waals surface area contributed by atoms with Gasteiger partial charge in [-0.3, -0.25) is 0 Å². The van der Waals surface area contributed by atoms with E-state index in [9.17, 15) is 9.59 Å². The van der Waals surface area contributed by atoms with Crippen LogP contribution in [0, 0.1) is 0 Å². The zero-order valence-corrected chi connectivity index (χ0v) is 28.4. The van der Waals surface area contributed by atoms with E-state index in [2.05, 4.69) is 13.8 Å². The van der Waals surface area contributed by atoms with Gasteiger partial charge in [0.05, 0.1) is 24.3 Å². The molecular formula is C39H68O4. The number of unbranched alkanes of at least 4 members (excludes halogenated alkanes) is 25. The minimum absolute atomic E-state index is 0.308. The molecule has 0 aromatic heterocycles.